The molecule has 4 fully saturated rings. The third-order valence-electron chi connectivity index (χ3n) is 10.9. The summed E-state index contributed by atoms with van der Waals surface area (Å²) in [6.45, 7) is 17.2. The van der Waals surface area contributed by atoms with E-state index in [1.165, 1.54) is 5.57 Å². The first-order valence-corrected chi connectivity index (χ1v) is 13.9. The predicted octanol–water partition coefficient (Wildman–Crippen LogP) is 6.23. The Morgan fingerprint density at radius 1 is 0.912 bits per heavy atom. The maximum Gasteiger partial charge on any atom is 0.164 e. The van der Waals surface area contributed by atoms with Crippen LogP contribution in [0.5, 0.6) is 0 Å². The van der Waals surface area contributed by atoms with Gasteiger partial charge in [-0.2, -0.15) is 0 Å². The lowest BCUT2D eigenvalue weighted by molar-refractivity contribution is -0.193. The summed E-state index contributed by atoms with van der Waals surface area (Å²) in [7, 11) is 0. The van der Waals surface area contributed by atoms with Gasteiger partial charge < -0.3 is 14.9 Å². The minimum absolute atomic E-state index is 0.0130. The molecule has 1 saturated heterocycles. The van der Waals surface area contributed by atoms with E-state index in [0.717, 1.165) is 44.9 Å². The van der Waals surface area contributed by atoms with Crippen molar-refractivity contribution < 1.29 is 19.7 Å². The van der Waals surface area contributed by atoms with Gasteiger partial charge in [0.1, 0.15) is 5.60 Å². The molecular formula is C30H50O4. The molecule has 0 amide bonds. The summed E-state index contributed by atoms with van der Waals surface area (Å²) >= 11 is 0. The van der Waals surface area contributed by atoms with Crippen molar-refractivity contribution >= 4 is 5.78 Å². The van der Waals surface area contributed by atoms with Gasteiger partial charge >= 0.3 is 0 Å². The molecule has 8 atom stereocenters. The molecule has 4 nitrogen and oxygen atoms in total. The Morgan fingerprint density at radius 2 is 1.59 bits per heavy atom. The summed E-state index contributed by atoms with van der Waals surface area (Å²) < 4.78 is 6.49. The molecular weight excluding hydrogens is 424 g/mol. The van der Waals surface area contributed by atoms with Gasteiger partial charge in [-0.25, -0.2) is 0 Å². The molecule has 0 aromatic heterocycles. The van der Waals surface area contributed by atoms with Crippen molar-refractivity contribution in [1.82, 2.24) is 0 Å². The highest BCUT2D eigenvalue weighted by Crippen LogP contribution is 2.59. The first-order valence-electron chi connectivity index (χ1n) is 13.9. The van der Waals surface area contributed by atoms with Crippen molar-refractivity contribution in [2.75, 3.05) is 0 Å². The molecule has 8 unspecified atom stereocenters. The number of Topliss-reactive ketones (excluding diaryl/α,β-unsaturated/α-hetero) is 1. The van der Waals surface area contributed by atoms with Gasteiger partial charge in [-0.3, -0.25) is 4.79 Å². The molecule has 3 aliphatic carbocycles. The monoisotopic (exact) mass is 474 g/mol. The van der Waals surface area contributed by atoms with Crippen LogP contribution < -0.4 is 0 Å². The Kier molecular flexibility index (Phi) is 6.52. The van der Waals surface area contributed by atoms with E-state index < -0.39 is 16.8 Å². The van der Waals surface area contributed by atoms with Crippen LogP contribution in [0.1, 0.15) is 113 Å². The summed E-state index contributed by atoms with van der Waals surface area (Å²) in [4.78, 5) is 12.8. The fourth-order valence-corrected chi connectivity index (χ4v) is 8.48. The van der Waals surface area contributed by atoms with E-state index in [0.29, 0.717) is 30.6 Å². The number of ketones is 1. The molecule has 4 rings (SSSR count). The van der Waals surface area contributed by atoms with Crippen LogP contribution >= 0.6 is 0 Å². The summed E-state index contributed by atoms with van der Waals surface area (Å²) in [6, 6.07) is 0. The molecule has 194 valence electrons. The smallest absolute Gasteiger partial charge is 0.164 e. The van der Waals surface area contributed by atoms with Gasteiger partial charge in [0.05, 0.1) is 17.3 Å². The molecule has 1 aliphatic heterocycles. The van der Waals surface area contributed by atoms with Crippen LogP contribution in [-0.4, -0.2) is 38.9 Å². The zero-order chi connectivity index (χ0) is 25.3. The zero-order valence-corrected chi connectivity index (χ0v) is 23.0. The molecule has 1 heterocycles. The molecule has 4 heteroatoms. The Hall–Kier alpha value is -0.710. The highest BCUT2D eigenvalue weighted by molar-refractivity contribution is 5.86. The minimum Gasteiger partial charge on any atom is -0.390 e. The summed E-state index contributed by atoms with van der Waals surface area (Å²) in [6.07, 6.45) is 10.1. The van der Waals surface area contributed by atoms with Crippen LogP contribution in [0.15, 0.2) is 11.6 Å². The second-order valence-corrected chi connectivity index (χ2v) is 14.3. The fourth-order valence-electron chi connectivity index (χ4n) is 8.48. The molecule has 0 spiro atoms. The third-order valence-corrected chi connectivity index (χ3v) is 10.9. The number of ether oxygens (including phenoxy) is 1. The highest BCUT2D eigenvalue weighted by atomic mass is 16.5. The molecule has 0 aromatic carbocycles. The lowest BCUT2D eigenvalue weighted by Crippen LogP contribution is -2.56. The van der Waals surface area contributed by atoms with Gasteiger partial charge in [0.25, 0.3) is 0 Å². The van der Waals surface area contributed by atoms with E-state index in [-0.39, 0.29) is 28.6 Å². The minimum atomic E-state index is -0.784. The number of carbonyl (C=O) groups excluding carboxylic acids is 1. The standard InChI is InChI=1S/C30H50O4/c1-19-9-11-21-25(26(2,3)17-18-29(21,7)32)20(19)10-12-22-28(6)15-13-23(31)27(4,5)34-24(28)14-16-30(22,8)33/h10,19,21-22,24-25,32-33H,9,11-18H2,1-8H3. The summed E-state index contributed by atoms with van der Waals surface area (Å²) in [5.74, 6) is 1.39. The molecule has 34 heavy (non-hydrogen) atoms. The van der Waals surface area contributed by atoms with Crippen molar-refractivity contribution in [3.8, 4) is 0 Å². The predicted molar refractivity (Wildman–Crippen MR) is 136 cm³/mol. The van der Waals surface area contributed by atoms with E-state index in [1.54, 1.807) is 0 Å². The quantitative estimate of drug-likeness (QED) is 0.466. The molecule has 4 aliphatic rings. The average Bonchev–Trinajstić information content (AvgIpc) is 2.80. The van der Waals surface area contributed by atoms with Crippen molar-refractivity contribution in [2.45, 2.75) is 136 Å². The van der Waals surface area contributed by atoms with E-state index in [1.807, 2.05) is 27.7 Å². The SMILES string of the molecule is CC1CCC2C(C1=CCC1C(C)(O)CCC3OC(C)(C)C(=O)CCC31C)C(C)(C)CCC2(C)O. The second-order valence-electron chi connectivity index (χ2n) is 14.3. The molecule has 3 saturated carbocycles. The maximum atomic E-state index is 12.8. The molecule has 0 aromatic rings. The number of carbonyl (C=O) groups is 1. The number of aliphatic hydroxyl groups is 2. The fraction of sp³-hybridized carbons (Fsp3) is 0.900. The van der Waals surface area contributed by atoms with Crippen LogP contribution in [0.25, 0.3) is 0 Å². The normalized spacial score (nSPS) is 49.8. The van der Waals surface area contributed by atoms with Gasteiger partial charge in [0, 0.05) is 11.8 Å². The van der Waals surface area contributed by atoms with Gasteiger partial charge in [-0.15, -0.1) is 0 Å². The van der Waals surface area contributed by atoms with Crippen LogP contribution in [0, 0.1) is 34.5 Å². The average molecular weight is 475 g/mol. The van der Waals surface area contributed by atoms with Crippen LogP contribution in [0.3, 0.4) is 0 Å². The van der Waals surface area contributed by atoms with E-state index in [9.17, 15) is 15.0 Å². The van der Waals surface area contributed by atoms with Crippen molar-refractivity contribution in [3.05, 3.63) is 11.6 Å². The van der Waals surface area contributed by atoms with E-state index in [2.05, 4.69) is 33.8 Å². The van der Waals surface area contributed by atoms with E-state index >= 15 is 0 Å². The number of fused-ring (bicyclic) bond motifs is 2. The zero-order valence-electron chi connectivity index (χ0n) is 23.0. The molecule has 0 bridgehead atoms. The largest absolute Gasteiger partial charge is 0.390 e. The van der Waals surface area contributed by atoms with Crippen molar-refractivity contribution in [3.63, 3.8) is 0 Å². The number of rotatable bonds is 2. The van der Waals surface area contributed by atoms with E-state index in [4.69, 9.17) is 4.74 Å². The third kappa shape index (κ3) is 4.34. The van der Waals surface area contributed by atoms with Crippen molar-refractivity contribution in [1.29, 1.82) is 0 Å². The molecule has 2 N–H and O–H groups in total. The Morgan fingerprint density at radius 3 is 2.26 bits per heavy atom. The number of hydrogen-bond acceptors (Lipinski definition) is 4. The summed E-state index contributed by atoms with van der Waals surface area (Å²) in [5, 5.41) is 22.9. The van der Waals surface area contributed by atoms with Crippen molar-refractivity contribution in [2.24, 2.45) is 34.5 Å². The van der Waals surface area contributed by atoms with Gasteiger partial charge in [0.15, 0.2) is 5.78 Å². The van der Waals surface area contributed by atoms with Crippen LogP contribution in [0.2, 0.25) is 0 Å². The molecule has 0 radical (unpaired) electrons. The maximum absolute atomic E-state index is 12.8. The lowest BCUT2D eigenvalue weighted by atomic mass is 9.51. The number of hydrogen-bond donors (Lipinski definition) is 2. The Labute approximate surface area is 207 Å². The number of allylic oxidation sites excluding steroid dienone is 2. The first-order chi connectivity index (χ1) is 15.5. The lowest BCUT2D eigenvalue weighted by Gasteiger charge is -2.56. The van der Waals surface area contributed by atoms with Gasteiger partial charge in [0.2, 0.25) is 0 Å². The highest BCUT2D eigenvalue weighted by Gasteiger charge is 2.57. The second kappa shape index (κ2) is 8.42. The first kappa shape index (κ1) is 26.4. The summed E-state index contributed by atoms with van der Waals surface area (Å²) in [5.41, 5.74) is -0.725. The van der Waals surface area contributed by atoms with Crippen LogP contribution in [-0.2, 0) is 9.53 Å². The van der Waals surface area contributed by atoms with Crippen LogP contribution in [0.4, 0.5) is 0 Å². The topological polar surface area (TPSA) is 66.8 Å². The Bertz CT molecular complexity index is 835. The Balaban J connectivity index is 1.69. The van der Waals surface area contributed by atoms with Gasteiger partial charge in [-0.1, -0.05) is 39.3 Å². The van der Waals surface area contributed by atoms with Gasteiger partial charge in [-0.05, 0) is 108 Å².